The quantitative estimate of drug-likeness (QED) is 0.804. The predicted molar refractivity (Wildman–Crippen MR) is 97.0 cm³/mol. The predicted octanol–water partition coefficient (Wildman–Crippen LogP) is 3.42. The molecule has 0 aliphatic carbocycles. The van der Waals surface area contributed by atoms with Gasteiger partial charge in [0.2, 0.25) is 0 Å². The van der Waals surface area contributed by atoms with E-state index in [0.29, 0.717) is 28.6 Å². The zero-order valence-corrected chi connectivity index (χ0v) is 15.6. The SMILES string of the molecule is COc1cc(C(=O)N(C(C)C)C(C)C)nc(-c2ccccn2)c1OC. The molecule has 0 saturated carbocycles. The molecule has 0 saturated heterocycles. The highest BCUT2D eigenvalue weighted by atomic mass is 16.5. The number of methoxy groups -OCH3 is 2. The smallest absolute Gasteiger partial charge is 0.273 e. The van der Waals surface area contributed by atoms with Crippen LogP contribution < -0.4 is 9.47 Å². The van der Waals surface area contributed by atoms with Crippen LogP contribution in [0.15, 0.2) is 30.5 Å². The van der Waals surface area contributed by atoms with E-state index in [1.807, 2.05) is 45.9 Å². The molecule has 2 aromatic rings. The lowest BCUT2D eigenvalue weighted by Crippen LogP contribution is -2.42. The molecule has 0 N–H and O–H groups in total. The van der Waals surface area contributed by atoms with Crippen molar-refractivity contribution in [1.29, 1.82) is 0 Å². The maximum atomic E-state index is 13.0. The Bertz CT molecular complexity index is 722. The summed E-state index contributed by atoms with van der Waals surface area (Å²) in [7, 11) is 3.08. The van der Waals surface area contributed by atoms with E-state index in [2.05, 4.69) is 9.97 Å². The Hall–Kier alpha value is -2.63. The summed E-state index contributed by atoms with van der Waals surface area (Å²) in [5.41, 5.74) is 1.41. The van der Waals surface area contributed by atoms with Gasteiger partial charge in [-0.25, -0.2) is 4.98 Å². The first kappa shape index (κ1) is 18.7. The first-order chi connectivity index (χ1) is 11.9. The van der Waals surface area contributed by atoms with Crippen LogP contribution in [0.3, 0.4) is 0 Å². The normalized spacial score (nSPS) is 10.9. The summed E-state index contributed by atoms with van der Waals surface area (Å²) in [5.74, 6) is 0.760. The van der Waals surface area contributed by atoms with Crippen LogP contribution in [0, 0.1) is 0 Å². The van der Waals surface area contributed by atoms with E-state index in [-0.39, 0.29) is 18.0 Å². The average Bonchev–Trinajstić information content (AvgIpc) is 2.60. The van der Waals surface area contributed by atoms with Gasteiger partial charge in [-0.2, -0.15) is 0 Å². The molecule has 2 aromatic heterocycles. The van der Waals surface area contributed by atoms with Crippen molar-refractivity contribution in [2.45, 2.75) is 39.8 Å². The van der Waals surface area contributed by atoms with E-state index in [1.54, 1.807) is 24.3 Å². The van der Waals surface area contributed by atoms with Gasteiger partial charge in [0.1, 0.15) is 11.4 Å². The van der Waals surface area contributed by atoms with Crippen LogP contribution >= 0.6 is 0 Å². The average molecular weight is 343 g/mol. The zero-order valence-electron chi connectivity index (χ0n) is 15.6. The van der Waals surface area contributed by atoms with Crippen LogP contribution in [-0.4, -0.2) is 47.1 Å². The molecule has 0 radical (unpaired) electrons. The van der Waals surface area contributed by atoms with Crippen molar-refractivity contribution in [3.63, 3.8) is 0 Å². The van der Waals surface area contributed by atoms with E-state index >= 15 is 0 Å². The molecule has 2 rings (SSSR count). The van der Waals surface area contributed by atoms with Crippen LogP contribution in [-0.2, 0) is 0 Å². The largest absolute Gasteiger partial charge is 0.493 e. The molecule has 1 amide bonds. The van der Waals surface area contributed by atoms with E-state index in [1.165, 1.54) is 7.11 Å². The Labute approximate surface area is 148 Å². The molecule has 0 atom stereocenters. The van der Waals surface area contributed by atoms with Crippen LogP contribution in [0.4, 0.5) is 0 Å². The van der Waals surface area contributed by atoms with Crippen molar-refractivity contribution in [3.05, 3.63) is 36.2 Å². The molecule has 0 bridgehead atoms. The second-order valence-electron chi connectivity index (χ2n) is 6.21. The Morgan fingerprint density at radius 3 is 2.24 bits per heavy atom. The summed E-state index contributed by atoms with van der Waals surface area (Å²) in [6.07, 6.45) is 1.67. The highest BCUT2D eigenvalue weighted by molar-refractivity contribution is 5.94. The van der Waals surface area contributed by atoms with Crippen molar-refractivity contribution >= 4 is 5.91 Å². The number of nitrogens with zero attached hydrogens (tertiary/aromatic N) is 3. The molecule has 134 valence electrons. The van der Waals surface area contributed by atoms with Crippen molar-refractivity contribution in [1.82, 2.24) is 14.9 Å². The number of rotatable bonds is 6. The third-order valence-electron chi connectivity index (χ3n) is 3.84. The maximum absolute atomic E-state index is 13.0. The van der Waals surface area contributed by atoms with Crippen LogP contribution in [0.1, 0.15) is 38.2 Å². The first-order valence-electron chi connectivity index (χ1n) is 8.27. The number of aromatic nitrogens is 2. The van der Waals surface area contributed by atoms with Gasteiger partial charge >= 0.3 is 0 Å². The second-order valence-corrected chi connectivity index (χ2v) is 6.21. The van der Waals surface area contributed by atoms with Gasteiger partial charge in [0.05, 0.1) is 19.9 Å². The van der Waals surface area contributed by atoms with Crippen molar-refractivity contribution < 1.29 is 14.3 Å². The second kappa shape index (κ2) is 7.96. The third kappa shape index (κ3) is 3.90. The van der Waals surface area contributed by atoms with E-state index in [4.69, 9.17) is 9.47 Å². The minimum atomic E-state index is -0.150. The standard InChI is InChI=1S/C19H25N3O3/c1-12(2)22(13(3)4)19(23)15-11-16(24-5)18(25-6)17(21-15)14-9-7-8-10-20-14/h7-13H,1-6H3. The number of carbonyl (C=O) groups is 1. The Morgan fingerprint density at radius 1 is 1.08 bits per heavy atom. The molecule has 0 aromatic carbocycles. The lowest BCUT2D eigenvalue weighted by molar-refractivity contribution is 0.0637. The number of pyridine rings is 2. The minimum absolute atomic E-state index is 0.0562. The van der Waals surface area contributed by atoms with Gasteiger partial charge in [0.25, 0.3) is 5.91 Å². The molecular weight excluding hydrogens is 318 g/mol. The van der Waals surface area contributed by atoms with Crippen molar-refractivity contribution in [2.75, 3.05) is 14.2 Å². The summed E-state index contributed by atoms with van der Waals surface area (Å²) in [6, 6.07) is 7.23. The lowest BCUT2D eigenvalue weighted by atomic mass is 10.1. The molecule has 0 unspecified atom stereocenters. The fraction of sp³-hybridized carbons (Fsp3) is 0.421. The van der Waals surface area contributed by atoms with Crippen LogP contribution in [0.5, 0.6) is 11.5 Å². The number of carbonyl (C=O) groups excluding carboxylic acids is 1. The van der Waals surface area contributed by atoms with E-state index in [9.17, 15) is 4.79 Å². The third-order valence-corrected chi connectivity index (χ3v) is 3.84. The lowest BCUT2D eigenvalue weighted by Gasteiger charge is -2.30. The molecular formula is C19H25N3O3. The monoisotopic (exact) mass is 343 g/mol. The summed E-state index contributed by atoms with van der Waals surface area (Å²) in [4.78, 5) is 23.7. The number of ether oxygens (including phenoxy) is 2. The molecule has 0 aliphatic rings. The maximum Gasteiger partial charge on any atom is 0.273 e. The summed E-state index contributed by atoms with van der Waals surface area (Å²) in [6.45, 7) is 7.94. The Balaban J connectivity index is 2.62. The highest BCUT2D eigenvalue weighted by Crippen LogP contribution is 2.36. The minimum Gasteiger partial charge on any atom is -0.493 e. The molecule has 2 heterocycles. The fourth-order valence-corrected chi connectivity index (χ4v) is 2.84. The van der Waals surface area contributed by atoms with Crippen molar-refractivity contribution in [3.8, 4) is 22.9 Å². The highest BCUT2D eigenvalue weighted by Gasteiger charge is 2.26. The number of hydrogen-bond acceptors (Lipinski definition) is 5. The van der Waals surface area contributed by atoms with Gasteiger partial charge in [-0.3, -0.25) is 9.78 Å². The molecule has 6 heteroatoms. The van der Waals surface area contributed by atoms with Crippen LogP contribution in [0.25, 0.3) is 11.4 Å². The van der Waals surface area contributed by atoms with Gasteiger partial charge in [-0.15, -0.1) is 0 Å². The zero-order chi connectivity index (χ0) is 18.6. The number of hydrogen-bond donors (Lipinski definition) is 0. The van der Waals surface area contributed by atoms with Gasteiger partial charge < -0.3 is 14.4 Å². The van der Waals surface area contributed by atoms with Gasteiger partial charge in [-0.1, -0.05) is 6.07 Å². The summed E-state index contributed by atoms with van der Waals surface area (Å²) in [5, 5.41) is 0. The number of amides is 1. The molecule has 0 fully saturated rings. The summed E-state index contributed by atoms with van der Waals surface area (Å²) < 4.78 is 10.9. The fourth-order valence-electron chi connectivity index (χ4n) is 2.84. The van der Waals surface area contributed by atoms with E-state index < -0.39 is 0 Å². The molecule has 25 heavy (non-hydrogen) atoms. The van der Waals surface area contributed by atoms with Crippen LogP contribution in [0.2, 0.25) is 0 Å². The van der Waals surface area contributed by atoms with Gasteiger partial charge in [0.15, 0.2) is 11.5 Å². The Kier molecular flexibility index (Phi) is 5.96. The molecule has 0 spiro atoms. The molecule has 0 aliphatic heterocycles. The Morgan fingerprint density at radius 2 is 1.76 bits per heavy atom. The van der Waals surface area contributed by atoms with E-state index in [0.717, 1.165) is 0 Å². The molecule has 6 nitrogen and oxygen atoms in total. The first-order valence-corrected chi connectivity index (χ1v) is 8.27. The van der Waals surface area contributed by atoms with Gasteiger partial charge in [-0.05, 0) is 39.8 Å². The topological polar surface area (TPSA) is 64.5 Å². The van der Waals surface area contributed by atoms with Gasteiger partial charge in [0, 0.05) is 24.3 Å². The van der Waals surface area contributed by atoms with Crippen molar-refractivity contribution in [2.24, 2.45) is 0 Å². The summed E-state index contributed by atoms with van der Waals surface area (Å²) >= 11 is 0.